The topological polar surface area (TPSA) is 29.5 Å². The molecule has 0 aliphatic carbocycles. The van der Waals surface area contributed by atoms with Crippen LogP contribution in [0.1, 0.15) is 18.2 Å². The van der Waals surface area contributed by atoms with Crippen molar-refractivity contribution in [1.82, 2.24) is 0 Å². The van der Waals surface area contributed by atoms with Crippen molar-refractivity contribution in [2.75, 3.05) is 6.61 Å². The monoisotopic (exact) mass is 196 g/mol. The molecule has 2 nitrogen and oxygen atoms in total. The van der Waals surface area contributed by atoms with Crippen molar-refractivity contribution in [2.45, 2.75) is 18.9 Å². The summed E-state index contributed by atoms with van der Waals surface area (Å²) in [5.74, 6) is 0. The Labute approximate surface area is 81.5 Å². The van der Waals surface area contributed by atoms with Crippen LogP contribution in [-0.4, -0.2) is 11.7 Å². The minimum absolute atomic E-state index is 0.691. The van der Waals surface area contributed by atoms with Gasteiger partial charge in [-0.3, -0.25) is 0 Å². The minimum atomic E-state index is -0.843. The lowest BCUT2D eigenvalue weighted by atomic mass is 9.94. The molecule has 1 aliphatic heterocycles. The van der Waals surface area contributed by atoms with Crippen LogP contribution in [0.15, 0.2) is 29.3 Å². The second-order valence-corrected chi connectivity index (χ2v) is 4.26. The molecule has 2 rings (SSSR count). The Morgan fingerprint density at radius 1 is 1.62 bits per heavy atom. The van der Waals surface area contributed by atoms with Gasteiger partial charge in [-0.2, -0.15) is 0 Å². The standard InChI is InChI=1S/C10H12O2S/c1-10(11,8-4-5-12-7-8)9-3-2-6-13-9/h2-3,6-7,11H,4-5H2,1H3. The van der Waals surface area contributed by atoms with E-state index < -0.39 is 5.60 Å². The summed E-state index contributed by atoms with van der Waals surface area (Å²) in [5.41, 5.74) is 0.125. The van der Waals surface area contributed by atoms with E-state index in [1.807, 2.05) is 24.4 Å². The second kappa shape index (κ2) is 3.16. The maximum Gasteiger partial charge on any atom is 0.120 e. The summed E-state index contributed by atoms with van der Waals surface area (Å²) in [6.45, 7) is 2.51. The molecule has 1 aromatic heterocycles. The van der Waals surface area contributed by atoms with Crippen molar-refractivity contribution in [1.29, 1.82) is 0 Å². The molecule has 0 saturated carbocycles. The first-order valence-electron chi connectivity index (χ1n) is 4.29. The molecule has 0 spiro atoms. The van der Waals surface area contributed by atoms with Gasteiger partial charge in [-0.25, -0.2) is 0 Å². The lowest BCUT2D eigenvalue weighted by Gasteiger charge is -2.22. The normalized spacial score (nSPS) is 20.6. The molecule has 70 valence electrons. The van der Waals surface area contributed by atoms with Crippen LogP contribution < -0.4 is 0 Å². The first kappa shape index (κ1) is 8.78. The molecule has 1 atom stereocenters. The van der Waals surface area contributed by atoms with Gasteiger partial charge in [0.15, 0.2) is 0 Å². The molecule has 0 aromatic carbocycles. The second-order valence-electron chi connectivity index (χ2n) is 3.31. The van der Waals surface area contributed by atoms with Crippen molar-refractivity contribution in [3.8, 4) is 0 Å². The highest BCUT2D eigenvalue weighted by atomic mass is 32.1. The summed E-state index contributed by atoms with van der Waals surface area (Å²) in [4.78, 5) is 0.976. The Hall–Kier alpha value is -0.800. The Bertz CT molecular complexity index is 312. The highest BCUT2D eigenvalue weighted by Gasteiger charge is 2.31. The van der Waals surface area contributed by atoms with E-state index >= 15 is 0 Å². The number of rotatable bonds is 2. The summed E-state index contributed by atoms with van der Waals surface area (Å²) in [5, 5.41) is 12.2. The molecule has 1 unspecified atom stereocenters. The maximum absolute atomic E-state index is 10.2. The minimum Gasteiger partial charge on any atom is -0.501 e. The zero-order chi connectivity index (χ0) is 9.31. The maximum atomic E-state index is 10.2. The van der Waals surface area contributed by atoms with Gasteiger partial charge in [-0.1, -0.05) is 6.07 Å². The fourth-order valence-electron chi connectivity index (χ4n) is 1.46. The smallest absolute Gasteiger partial charge is 0.120 e. The average Bonchev–Trinajstić information content (AvgIpc) is 2.78. The zero-order valence-electron chi connectivity index (χ0n) is 7.49. The lowest BCUT2D eigenvalue weighted by Crippen LogP contribution is -2.21. The van der Waals surface area contributed by atoms with Gasteiger partial charge in [0, 0.05) is 16.9 Å². The van der Waals surface area contributed by atoms with Gasteiger partial charge in [0.2, 0.25) is 0 Å². The summed E-state index contributed by atoms with van der Waals surface area (Å²) in [6, 6.07) is 3.90. The van der Waals surface area contributed by atoms with Gasteiger partial charge in [-0.15, -0.1) is 11.3 Å². The van der Waals surface area contributed by atoms with Crippen LogP contribution >= 0.6 is 11.3 Å². The average molecular weight is 196 g/mol. The first-order valence-corrected chi connectivity index (χ1v) is 5.17. The number of hydrogen-bond acceptors (Lipinski definition) is 3. The van der Waals surface area contributed by atoms with Crippen molar-refractivity contribution >= 4 is 11.3 Å². The largest absolute Gasteiger partial charge is 0.501 e. The molecule has 1 aliphatic rings. The Balaban J connectivity index is 2.30. The molecule has 1 aromatic rings. The van der Waals surface area contributed by atoms with Crippen molar-refractivity contribution in [2.24, 2.45) is 0 Å². The van der Waals surface area contributed by atoms with E-state index in [1.165, 1.54) is 0 Å². The third kappa shape index (κ3) is 1.49. The summed E-state index contributed by atoms with van der Waals surface area (Å²) >= 11 is 1.57. The van der Waals surface area contributed by atoms with E-state index in [9.17, 15) is 5.11 Å². The van der Waals surface area contributed by atoms with Gasteiger partial charge in [0.05, 0.1) is 12.9 Å². The fourth-order valence-corrected chi connectivity index (χ4v) is 2.28. The molecular formula is C10H12O2S. The van der Waals surface area contributed by atoms with Crippen LogP contribution in [0, 0.1) is 0 Å². The van der Waals surface area contributed by atoms with E-state index in [-0.39, 0.29) is 0 Å². The van der Waals surface area contributed by atoms with Crippen LogP contribution in [0.3, 0.4) is 0 Å². The zero-order valence-corrected chi connectivity index (χ0v) is 8.30. The molecule has 0 saturated heterocycles. The number of hydrogen-bond donors (Lipinski definition) is 1. The Kier molecular flexibility index (Phi) is 2.14. The van der Waals surface area contributed by atoms with E-state index in [1.54, 1.807) is 17.6 Å². The summed E-state index contributed by atoms with van der Waals surface area (Å²) < 4.78 is 5.12. The Morgan fingerprint density at radius 2 is 2.46 bits per heavy atom. The molecular weight excluding hydrogens is 184 g/mol. The van der Waals surface area contributed by atoms with Crippen molar-refractivity contribution < 1.29 is 9.84 Å². The van der Waals surface area contributed by atoms with E-state index in [4.69, 9.17) is 4.74 Å². The van der Waals surface area contributed by atoms with E-state index in [2.05, 4.69) is 0 Å². The molecule has 1 N–H and O–H groups in total. The van der Waals surface area contributed by atoms with Gasteiger partial charge >= 0.3 is 0 Å². The molecule has 3 heteroatoms. The molecule has 2 heterocycles. The van der Waals surface area contributed by atoms with E-state index in [0.717, 1.165) is 16.9 Å². The van der Waals surface area contributed by atoms with Crippen LogP contribution in [0.4, 0.5) is 0 Å². The molecule has 13 heavy (non-hydrogen) atoms. The number of thiophene rings is 1. The number of aliphatic hydroxyl groups is 1. The molecule has 0 amide bonds. The Morgan fingerprint density at radius 3 is 3.00 bits per heavy atom. The van der Waals surface area contributed by atoms with Crippen LogP contribution in [0.25, 0.3) is 0 Å². The van der Waals surface area contributed by atoms with Crippen LogP contribution in [0.2, 0.25) is 0 Å². The lowest BCUT2D eigenvalue weighted by molar-refractivity contribution is 0.0991. The summed E-state index contributed by atoms with van der Waals surface area (Å²) in [7, 11) is 0. The quantitative estimate of drug-likeness (QED) is 0.786. The third-order valence-electron chi connectivity index (χ3n) is 2.34. The van der Waals surface area contributed by atoms with E-state index in [0.29, 0.717) is 6.61 Å². The molecule has 0 bridgehead atoms. The third-order valence-corrected chi connectivity index (χ3v) is 3.42. The SMILES string of the molecule is CC(O)(C1=COCC1)c1cccs1. The predicted molar refractivity (Wildman–Crippen MR) is 52.5 cm³/mol. The number of ether oxygens (including phenoxy) is 1. The molecule has 0 radical (unpaired) electrons. The van der Waals surface area contributed by atoms with Crippen molar-refractivity contribution in [3.63, 3.8) is 0 Å². The fraction of sp³-hybridized carbons (Fsp3) is 0.400. The predicted octanol–water partition coefficient (Wildman–Crippen LogP) is 2.26. The van der Waals surface area contributed by atoms with Crippen LogP contribution in [-0.2, 0) is 10.3 Å². The van der Waals surface area contributed by atoms with Gasteiger partial charge in [0.25, 0.3) is 0 Å². The van der Waals surface area contributed by atoms with Crippen molar-refractivity contribution in [3.05, 3.63) is 34.2 Å². The highest BCUT2D eigenvalue weighted by Crippen LogP contribution is 2.35. The van der Waals surface area contributed by atoms with Gasteiger partial charge < -0.3 is 9.84 Å². The summed E-state index contributed by atoms with van der Waals surface area (Å²) in [6.07, 6.45) is 2.50. The van der Waals surface area contributed by atoms with Crippen LogP contribution in [0.5, 0.6) is 0 Å². The van der Waals surface area contributed by atoms with Gasteiger partial charge in [0.1, 0.15) is 5.60 Å². The first-order chi connectivity index (χ1) is 6.21. The molecule has 0 fully saturated rings. The highest BCUT2D eigenvalue weighted by molar-refractivity contribution is 7.10. The van der Waals surface area contributed by atoms with Gasteiger partial charge in [-0.05, 0) is 18.4 Å².